The highest BCUT2D eigenvalue weighted by molar-refractivity contribution is 9.10. The van der Waals surface area contributed by atoms with Crippen LogP contribution < -0.4 is 16.5 Å². The van der Waals surface area contributed by atoms with Crippen molar-refractivity contribution in [1.29, 1.82) is 0 Å². The second kappa shape index (κ2) is 5.56. The smallest absolute Gasteiger partial charge is 0.240 e. The van der Waals surface area contributed by atoms with Crippen LogP contribution in [-0.2, 0) is 11.3 Å². The van der Waals surface area contributed by atoms with Crippen molar-refractivity contribution in [2.45, 2.75) is 39.3 Å². The number of halogens is 1. The molecule has 0 spiro atoms. The summed E-state index contributed by atoms with van der Waals surface area (Å²) >= 11 is 3.12. The van der Waals surface area contributed by atoms with E-state index in [1.165, 1.54) is 6.20 Å². The maximum atomic E-state index is 11.8. The molecule has 6 heteroatoms. The SMILES string of the molecule is CCC(C)(C)NC(=O)Cn1cc(N)c(=O)c(Br)c1. The number of nitrogens with one attached hydrogen (secondary N) is 1. The Bertz CT molecular complexity index is 482. The summed E-state index contributed by atoms with van der Waals surface area (Å²) < 4.78 is 1.94. The Hall–Kier alpha value is -1.30. The Labute approximate surface area is 114 Å². The Balaban J connectivity index is 2.80. The van der Waals surface area contributed by atoms with Crippen LogP contribution in [0, 0.1) is 0 Å². The van der Waals surface area contributed by atoms with Gasteiger partial charge in [-0.05, 0) is 36.2 Å². The molecule has 1 aromatic heterocycles. The van der Waals surface area contributed by atoms with Gasteiger partial charge in [0, 0.05) is 17.9 Å². The predicted molar refractivity (Wildman–Crippen MR) is 75.3 cm³/mol. The average molecular weight is 316 g/mol. The monoisotopic (exact) mass is 315 g/mol. The number of nitrogens with zero attached hydrogens (tertiary/aromatic N) is 1. The fraction of sp³-hybridized carbons (Fsp3) is 0.500. The molecule has 0 unspecified atom stereocenters. The molecule has 0 bridgehead atoms. The van der Waals surface area contributed by atoms with Crippen molar-refractivity contribution in [3.05, 3.63) is 27.1 Å². The van der Waals surface area contributed by atoms with E-state index in [9.17, 15) is 9.59 Å². The molecule has 0 aliphatic heterocycles. The van der Waals surface area contributed by atoms with Crippen molar-refractivity contribution in [3.8, 4) is 0 Å². The molecule has 5 nitrogen and oxygen atoms in total. The normalized spacial score (nSPS) is 11.3. The van der Waals surface area contributed by atoms with Gasteiger partial charge in [0.25, 0.3) is 0 Å². The second-order valence-corrected chi connectivity index (χ2v) is 5.70. The topological polar surface area (TPSA) is 77.1 Å². The van der Waals surface area contributed by atoms with E-state index in [0.29, 0.717) is 4.47 Å². The summed E-state index contributed by atoms with van der Waals surface area (Å²) in [5.41, 5.74) is 5.17. The Morgan fingerprint density at radius 2 is 2.11 bits per heavy atom. The van der Waals surface area contributed by atoms with Gasteiger partial charge in [-0.2, -0.15) is 0 Å². The van der Waals surface area contributed by atoms with Crippen molar-refractivity contribution in [2.24, 2.45) is 0 Å². The predicted octanol–water partition coefficient (Wildman–Crippen LogP) is 1.50. The maximum Gasteiger partial charge on any atom is 0.240 e. The maximum absolute atomic E-state index is 11.8. The van der Waals surface area contributed by atoms with E-state index in [0.717, 1.165) is 6.42 Å². The van der Waals surface area contributed by atoms with Gasteiger partial charge in [-0.3, -0.25) is 9.59 Å². The van der Waals surface area contributed by atoms with E-state index in [2.05, 4.69) is 21.2 Å². The third kappa shape index (κ3) is 3.87. The number of amides is 1. The molecule has 0 saturated carbocycles. The molecular weight excluding hydrogens is 298 g/mol. The first-order valence-corrected chi connectivity index (χ1v) is 6.50. The number of pyridine rings is 1. The van der Waals surface area contributed by atoms with Crippen LogP contribution in [0.25, 0.3) is 0 Å². The van der Waals surface area contributed by atoms with Crippen molar-refractivity contribution in [1.82, 2.24) is 9.88 Å². The molecule has 0 aromatic carbocycles. The molecule has 100 valence electrons. The summed E-state index contributed by atoms with van der Waals surface area (Å²) in [5.74, 6) is -0.114. The lowest BCUT2D eigenvalue weighted by molar-refractivity contribution is -0.123. The van der Waals surface area contributed by atoms with Gasteiger partial charge < -0.3 is 15.6 Å². The van der Waals surface area contributed by atoms with E-state index in [4.69, 9.17) is 5.73 Å². The summed E-state index contributed by atoms with van der Waals surface area (Å²) in [6, 6.07) is 0. The molecule has 3 N–H and O–H groups in total. The third-order valence-corrected chi connectivity index (χ3v) is 3.32. The van der Waals surface area contributed by atoms with Gasteiger partial charge >= 0.3 is 0 Å². The first-order chi connectivity index (χ1) is 8.25. The summed E-state index contributed by atoms with van der Waals surface area (Å²) in [6.45, 7) is 6.06. The first-order valence-electron chi connectivity index (χ1n) is 5.71. The van der Waals surface area contributed by atoms with Crippen LogP contribution in [0.1, 0.15) is 27.2 Å². The highest BCUT2D eigenvalue weighted by Gasteiger charge is 2.17. The van der Waals surface area contributed by atoms with Crippen LogP contribution >= 0.6 is 15.9 Å². The average Bonchev–Trinajstić information content (AvgIpc) is 2.25. The molecule has 1 heterocycles. The largest absolute Gasteiger partial charge is 0.394 e. The number of nitrogens with two attached hydrogens (primary N) is 1. The van der Waals surface area contributed by atoms with Crippen LogP contribution in [0.2, 0.25) is 0 Å². The van der Waals surface area contributed by atoms with Crippen molar-refractivity contribution >= 4 is 27.5 Å². The van der Waals surface area contributed by atoms with Crippen LogP contribution in [-0.4, -0.2) is 16.0 Å². The number of nitrogen functional groups attached to an aromatic ring is 1. The van der Waals surface area contributed by atoms with E-state index < -0.39 is 0 Å². The molecule has 1 amide bonds. The van der Waals surface area contributed by atoms with Crippen LogP contribution in [0.5, 0.6) is 0 Å². The summed E-state index contributed by atoms with van der Waals surface area (Å²) in [5, 5.41) is 2.91. The minimum atomic E-state index is -0.263. The van der Waals surface area contributed by atoms with Crippen LogP contribution in [0.15, 0.2) is 21.7 Å². The molecule has 0 aliphatic rings. The Kier molecular flexibility index (Phi) is 4.56. The number of anilines is 1. The molecule has 0 radical (unpaired) electrons. The van der Waals surface area contributed by atoms with Gasteiger partial charge in [-0.25, -0.2) is 0 Å². The van der Waals surface area contributed by atoms with Gasteiger partial charge in [-0.1, -0.05) is 6.92 Å². The quantitative estimate of drug-likeness (QED) is 0.884. The zero-order chi connectivity index (χ0) is 13.9. The molecule has 0 fully saturated rings. The number of hydrogen-bond donors (Lipinski definition) is 2. The fourth-order valence-electron chi connectivity index (χ4n) is 1.38. The molecule has 0 aliphatic carbocycles. The highest BCUT2D eigenvalue weighted by atomic mass is 79.9. The number of hydrogen-bond acceptors (Lipinski definition) is 3. The van der Waals surface area contributed by atoms with Crippen LogP contribution in [0.4, 0.5) is 5.69 Å². The van der Waals surface area contributed by atoms with E-state index in [1.54, 1.807) is 10.8 Å². The van der Waals surface area contributed by atoms with Crippen molar-refractivity contribution in [2.75, 3.05) is 5.73 Å². The standard InChI is InChI=1S/C12H18BrN3O2/c1-4-12(2,3)15-10(17)7-16-5-8(13)11(18)9(14)6-16/h5-6H,4,7,14H2,1-3H3,(H,15,17). The summed E-state index contributed by atoms with van der Waals surface area (Å²) in [6.07, 6.45) is 3.86. The minimum absolute atomic E-state index is 0.114. The molecular formula is C12H18BrN3O2. The number of carbonyl (C=O) groups is 1. The van der Waals surface area contributed by atoms with E-state index >= 15 is 0 Å². The fourth-order valence-corrected chi connectivity index (χ4v) is 1.87. The lowest BCUT2D eigenvalue weighted by Crippen LogP contribution is -2.44. The summed E-state index contributed by atoms with van der Waals surface area (Å²) in [7, 11) is 0. The van der Waals surface area contributed by atoms with Gasteiger partial charge in [0.05, 0.1) is 10.2 Å². The molecule has 1 aromatic rings. The second-order valence-electron chi connectivity index (χ2n) is 4.85. The van der Waals surface area contributed by atoms with E-state index in [1.807, 2.05) is 20.8 Å². The van der Waals surface area contributed by atoms with Gasteiger partial charge in [0.2, 0.25) is 11.3 Å². The Morgan fingerprint density at radius 3 is 2.61 bits per heavy atom. The van der Waals surface area contributed by atoms with Crippen molar-refractivity contribution in [3.63, 3.8) is 0 Å². The molecule has 1 rings (SSSR count). The molecule has 18 heavy (non-hydrogen) atoms. The van der Waals surface area contributed by atoms with Gasteiger partial charge in [0.1, 0.15) is 6.54 Å². The number of aromatic nitrogens is 1. The van der Waals surface area contributed by atoms with Crippen LogP contribution in [0.3, 0.4) is 0 Å². The molecule has 0 atom stereocenters. The highest BCUT2D eigenvalue weighted by Crippen LogP contribution is 2.08. The van der Waals surface area contributed by atoms with Gasteiger partial charge in [-0.15, -0.1) is 0 Å². The number of carbonyl (C=O) groups excluding carboxylic acids is 1. The minimum Gasteiger partial charge on any atom is -0.394 e. The number of rotatable bonds is 4. The zero-order valence-electron chi connectivity index (χ0n) is 10.8. The Morgan fingerprint density at radius 1 is 1.50 bits per heavy atom. The summed E-state index contributed by atoms with van der Waals surface area (Å²) in [4.78, 5) is 23.2. The lowest BCUT2D eigenvalue weighted by Gasteiger charge is -2.24. The third-order valence-electron chi connectivity index (χ3n) is 2.75. The molecule has 0 saturated heterocycles. The van der Waals surface area contributed by atoms with E-state index in [-0.39, 0.29) is 29.1 Å². The van der Waals surface area contributed by atoms with Crippen molar-refractivity contribution < 1.29 is 4.79 Å². The first kappa shape index (κ1) is 14.8. The van der Waals surface area contributed by atoms with Gasteiger partial charge in [0.15, 0.2) is 0 Å². The zero-order valence-corrected chi connectivity index (χ0v) is 12.4. The lowest BCUT2D eigenvalue weighted by atomic mass is 10.0.